The minimum Gasteiger partial charge on any atom is -0.268 e. The van der Waals surface area contributed by atoms with E-state index < -0.39 is 0 Å². The molecule has 4 rings (SSSR count). The van der Waals surface area contributed by atoms with Gasteiger partial charge in [0.2, 0.25) is 0 Å². The molecule has 8 heteroatoms. The van der Waals surface area contributed by atoms with Gasteiger partial charge in [0.05, 0.1) is 0 Å². The topological polar surface area (TPSA) is 76.3 Å². The first kappa shape index (κ1) is 18.7. The lowest BCUT2D eigenvalue weighted by Crippen LogP contribution is -2.01. The fraction of sp³-hybridized carbons (Fsp3) is 0.0526. The predicted molar refractivity (Wildman–Crippen MR) is 115 cm³/mol. The third kappa shape index (κ3) is 3.71. The van der Waals surface area contributed by atoms with Crippen LogP contribution in [-0.2, 0) is 0 Å². The maximum Gasteiger partial charge on any atom is 0.172 e. The highest BCUT2D eigenvalue weighted by Gasteiger charge is 2.16. The molecule has 0 atom stereocenters. The molecule has 0 fully saturated rings. The first-order valence-corrected chi connectivity index (χ1v) is 9.56. The van der Waals surface area contributed by atoms with Crippen molar-refractivity contribution in [3.05, 3.63) is 60.9 Å². The van der Waals surface area contributed by atoms with E-state index in [1.807, 2.05) is 29.6 Å². The monoisotopic (exact) mass is 392 g/mol. The summed E-state index contributed by atoms with van der Waals surface area (Å²) in [5.41, 5.74) is 2.40. The lowest BCUT2D eigenvalue weighted by molar-refractivity contribution is 1.09. The average molecular weight is 393 g/mol. The molecular formula is C19H16N6S2. The summed E-state index contributed by atoms with van der Waals surface area (Å²) in [6.07, 6.45) is 3.51. The summed E-state index contributed by atoms with van der Waals surface area (Å²) in [4.78, 5) is 17.0. The second kappa shape index (κ2) is 8.52. The first-order valence-electron chi connectivity index (χ1n) is 7.86. The van der Waals surface area contributed by atoms with Gasteiger partial charge >= 0.3 is 0 Å². The van der Waals surface area contributed by atoms with Gasteiger partial charge in [0, 0.05) is 35.1 Å². The number of hydrogen-bond acceptors (Lipinski definition) is 7. The summed E-state index contributed by atoms with van der Waals surface area (Å²) in [6, 6.07) is 7.86. The predicted octanol–water partition coefficient (Wildman–Crippen LogP) is 4.76. The highest BCUT2D eigenvalue weighted by atomic mass is 32.1. The molecule has 0 N–H and O–H groups in total. The maximum atomic E-state index is 4.73. The standard InChI is InChI=1S/C17H12N6S2.C2H4/c1-18-15(19-2)12-8-13-11(5-7-24-13)14(21-12)17-23-22-16(25-17)10-4-3-6-20-9-10;1-2/h3-9H,1H2,2H3;1-2H2. The smallest absolute Gasteiger partial charge is 0.172 e. The van der Waals surface area contributed by atoms with E-state index >= 15 is 0 Å². The summed E-state index contributed by atoms with van der Waals surface area (Å²) < 4.78 is 1.10. The first-order chi connectivity index (χ1) is 13.3. The van der Waals surface area contributed by atoms with Crippen LogP contribution < -0.4 is 0 Å². The van der Waals surface area contributed by atoms with Crippen LogP contribution in [0.2, 0.25) is 0 Å². The van der Waals surface area contributed by atoms with Gasteiger partial charge < -0.3 is 0 Å². The molecule has 0 aliphatic rings. The van der Waals surface area contributed by atoms with Crippen molar-refractivity contribution in [1.29, 1.82) is 0 Å². The quantitative estimate of drug-likeness (QED) is 0.286. The molecule has 4 aromatic rings. The summed E-state index contributed by atoms with van der Waals surface area (Å²) in [7, 11) is 1.68. The van der Waals surface area contributed by atoms with Crippen molar-refractivity contribution < 1.29 is 0 Å². The molecule has 134 valence electrons. The molecule has 0 saturated carbocycles. The number of aromatic nitrogens is 4. The van der Waals surface area contributed by atoms with Crippen molar-refractivity contribution in [3.8, 4) is 21.3 Å². The summed E-state index contributed by atoms with van der Waals surface area (Å²) in [6.45, 7) is 9.57. The second-order valence-corrected chi connectivity index (χ2v) is 6.97. The molecule has 4 heterocycles. The zero-order valence-electron chi connectivity index (χ0n) is 14.7. The number of thiophene rings is 1. The molecule has 0 radical (unpaired) electrons. The number of rotatable bonds is 3. The molecule has 27 heavy (non-hydrogen) atoms. The Labute approximate surface area is 164 Å². The van der Waals surface area contributed by atoms with Crippen LogP contribution in [0.1, 0.15) is 5.69 Å². The number of nitrogens with zero attached hydrogens (tertiary/aromatic N) is 6. The molecule has 0 aliphatic carbocycles. The number of pyridine rings is 2. The molecule has 4 aromatic heterocycles. The second-order valence-electron chi connectivity index (χ2n) is 5.05. The van der Waals surface area contributed by atoms with Gasteiger partial charge in [-0.2, -0.15) is 0 Å². The van der Waals surface area contributed by atoms with E-state index in [4.69, 9.17) is 4.98 Å². The van der Waals surface area contributed by atoms with Crippen molar-refractivity contribution in [2.24, 2.45) is 9.98 Å². The van der Waals surface area contributed by atoms with Crippen molar-refractivity contribution in [2.45, 2.75) is 0 Å². The molecule has 6 nitrogen and oxygen atoms in total. The highest BCUT2D eigenvalue weighted by Crippen LogP contribution is 2.35. The zero-order valence-corrected chi connectivity index (χ0v) is 16.3. The third-order valence-corrected chi connectivity index (χ3v) is 5.42. The van der Waals surface area contributed by atoms with E-state index in [2.05, 4.69) is 45.0 Å². The Hall–Kier alpha value is -3.10. The van der Waals surface area contributed by atoms with Crippen molar-refractivity contribution >= 4 is 45.3 Å². The van der Waals surface area contributed by atoms with Gasteiger partial charge in [-0.05, 0) is 36.4 Å². The fourth-order valence-corrected chi connectivity index (χ4v) is 4.09. The van der Waals surface area contributed by atoms with Crippen LogP contribution in [0.4, 0.5) is 0 Å². The van der Waals surface area contributed by atoms with Gasteiger partial charge in [-0.25, -0.2) is 9.98 Å². The van der Waals surface area contributed by atoms with Crippen LogP contribution >= 0.6 is 22.7 Å². The molecule has 0 saturated heterocycles. The van der Waals surface area contributed by atoms with Crippen molar-refractivity contribution in [2.75, 3.05) is 7.05 Å². The van der Waals surface area contributed by atoms with Gasteiger partial charge in [-0.1, -0.05) is 11.3 Å². The van der Waals surface area contributed by atoms with E-state index in [9.17, 15) is 0 Å². The van der Waals surface area contributed by atoms with E-state index in [1.54, 1.807) is 30.8 Å². The molecule has 0 aromatic carbocycles. The van der Waals surface area contributed by atoms with Gasteiger partial charge in [-0.3, -0.25) is 9.98 Å². The summed E-state index contributed by atoms with van der Waals surface area (Å²) >= 11 is 3.13. The van der Waals surface area contributed by atoms with Crippen LogP contribution in [0.5, 0.6) is 0 Å². The van der Waals surface area contributed by atoms with Crippen LogP contribution in [0.3, 0.4) is 0 Å². The van der Waals surface area contributed by atoms with Crippen molar-refractivity contribution in [1.82, 2.24) is 20.2 Å². The van der Waals surface area contributed by atoms with Gasteiger partial charge in [0.15, 0.2) is 10.8 Å². The lowest BCUT2D eigenvalue weighted by atomic mass is 10.2. The Morgan fingerprint density at radius 1 is 1.15 bits per heavy atom. The molecule has 0 unspecified atom stereocenters. The number of fused-ring (bicyclic) bond motifs is 1. The summed E-state index contributed by atoms with van der Waals surface area (Å²) in [5, 5.41) is 13.3. The molecular weight excluding hydrogens is 376 g/mol. The van der Waals surface area contributed by atoms with Gasteiger partial charge in [0.25, 0.3) is 0 Å². The highest BCUT2D eigenvalue weighted by molar-refractivity contribution is 7.18. The van der Waals surface area contributed by atoms with E-state index in [0.717, 1.165) is 31.4 Å². The SMILES string of the molecule is C=C.C=NC(=NC)c1cc2sccc2c(-c2nnc(-c3cccnc3)s2)n1. The van der Waals surface area contributed by atoms with Crippen molar-refractivity contribution in [3.63, 3.8) is 0 Å². The molecule has 0 amide bonds. The van der Waals surface area contributed by atoms with Crippen LogP contribution in [-0.4, -0.2) is 39.8 Å². The van der Waals surface area contributed by atoms with Crippen LogP contribution in [0, 0.1) is 0 Å². The third-order valence-electron chi connectivity index (χ3n) is 3.58. The maximum absolute atomic E-state index is 4.73. The van der Waals surface area contributed by atoms with Crippen LogP contribution in [0.25, 0.3) is 31.4 Å². The van der Waals surface area contributed by atoms with E-state index in [-0.39, 0.29) is 0 Å². The molecule has 0 aliphatic heterocycles. The average Bonchev–Trinajstić information content (AvgIpc) is 3.40. The number of hydrogen-bond donors (Lipinski definition) is 0. The number of aliphatic imine (C=N–C) groups is 2. The Balaban J connectivity index is 0.00000102. The minimum atomic E-state index is 0.508. The van der Waals surface area contributed by atoms with E-state index in [0.29, 0.717) is 11.5 Å². The van der Waals surface area contributed by atoms with Gasteiger partial charge in [-0.15, -0.1) is 34.7 Å². The Morgan fingerprint density at radius 2 is 1.96 bits per heavy atom. The van der Waals surface area contributed by atoms with Crippen LogP contribution in [0.15, 0.2) is 65.2 Å². The van der Waals surface area contributed by atoms with Gasteiger partial charge in [0.1, 0.15) is 16.4 Å². The minimum absolute atomic E-state index is 0.508. The summed E-state index contributed by atoms with van der Waals surface area (Å²) in [5.74, 6) is 0.508. The normalized spacial score (nSPS) is 11.1. The molecule has 0 spiro atoms. The largest absolute Gasteiger partial charge is 0.268 e. The zero-order chi connectivity index (χ0) is 19.2. The molecule has 0 bridgehead atoms. The Kier molecular flexibility index (Phi) is 5.90. The lowest BCUT2D eigenvalue weighted by Gasteiger charge is -2.03. The fourth-order valence-electron chi connectivity index (χ4n) is 2.43. The van der Waals surface area contributed by atoms with E-state index in [1.165, 1.54) is 11.3 Å². The Bertz CT molecular complexity index is 1100. The Morgan fingerprint density at radius 3 is 2.67 bits per heavy atom. The number of amidine groups is 1.